The van der Waals surface area contributed by atoms with Crippen LogP contribution in [-0.2, 0) is 4.79 Å². The lowest BCUT2D eigenvalue weighted by Gasteiger charge is -2.35. The number of halogens is 1. The van der Waals surface area contributed by atoms with Gasteiger partial charge in [-0.3, -0.25) is 4.79 Å². The summed E-state index contributed by atoms with van der Waals surface area (Å²) in [4.78, 5) is 12.2. The summed E-state index contributed by atoms with van der Waals surface area (Å²) in [5.74, 6) is 2.20. The van der Waals surface area contributed by atoms with Gasteiger partial charge in [-0.15, -0.1) is 12.4 Å². The van der Waals surface area contributed by atoms with Gasteiger partial charge < -0.3 is 25.3 Å². The van der Waals surface area contributed by atoms with Gasteiger partial charge in [0.2, 0.25) is 12.7 Å². The normalized spacial score (nSPS) is 17.5. The SMILES string of the molecule is Cl.NCC1(CC(=O)NCCOc2ccc3c(c2)OCO3)CCCCC1. The maximum Gasteiger partial charge on any atom is 0.231 e. The number of nitrogens with one attached hydrogen (secondary N) is 1. The predicted octanol–water partition coefficient (Wildman–Crippen LogP) is 2.63. The molecule has 1 heterocycles. The molecule has 0 aromatic heterocycles. The molecular formula is C18H27ClN2O4. The van der Waals surface area contributed by atoms with E-state index in [9.17, 15) is 4.79 Å². The zero-order valence-corrected chi connectivity index (χ0v) is 15.2. The van der Waals surface area contributed by atoms with Gasteiger partial charge in [-0.2, -0.15) is 0 Å². The van der Waals surface area contributed by atoms with Crippen molar-refractivity contribution in [3.63, 3.8) is 0 Å². The van der Waals surface area contributed by atoms with E-state index in [-0.39, 0.29) is 30.5 Å². The van der Waals surface area contributed by atoms with Gasteiger partial charge in [-0.05, 0) is 36.9 Å². The Hall–Kier alpha value is -1.66. The number of rotatable bonds is 7. The first-order valence-corrected chi connectivity index (χ1v) is 8.70. The van der Waals surface area contributed by atoms with E-state index < -0.39 is 0 Å². The van der Waals surface area contributed by atoms with Crippen LogP contribution in [0.15, 0.2) is 18.2 Å². The highest BCUT2D eigenvalue weighted by atomic mass is 35.5. The third-order valence-electron chi connectivity index (χ3n) is 4.92. The maximum absolute atomic E-state index is 12.2. The molecule has 1 aromatic rings. The van der Waals surface area contributed by atoms with Gasteiger partial charge >= 0.3 is 0 Å². The summed E-state index contributed by atoms with van der Waals surface area (Å²) >= 11 is 0. The molecule has 140 valence electrons. The Labute approximate surface area is 154 Å². The minimum Gasteiger partial charge on any atom is -0.492 e. The van der Waals surface area contributed by atoms with E-state index in [2.05, 4.69) is 5.32 Å². The van der Waals surface area contributed by atoms with E-state index in [0.29, 0.717) is 37.6 Å². The third-order valence-corrected chi connectivity index (χ3v) is 4.92. The van der Waals surface area contributed by atoms with E-state index >= 15 is 0 Å². The van der Waals surface area contributed by atoms with Gasteiger partial charge in [-0.25, -0.2) is 0 Å². The zero-order chi connectivity index (χ0) is 16.8. The molecule has 6 nitrogen and oxygen atoms in total. The van der Waals surface area contributed by atoms with Crippen LogP contribution in [0.3, 0.4) is 0 Å². The average molecular weight is 371 g/mol. The second-order valence-corrected chi connectivity index (χ2v) is 6.66. The van der Waals surface area contributed by atoms with E-state index in [1.165, 1.54) is 19.3 Å². The molecule has 1 aromatic carbocycles. The van der Waals surface area contributed by atoms with Gasteiger partial charge in [0.15, 0.2) is 11.5 Å². The molecule has 1 amide bonds. The molecule has 1 saturated carbocycles. The molecule has 3 N–H and O–H groups in total. The molecule has 25 heavy (non-hydrogen) atoms. The number of carbonyl (C=O) groups is 1. The fraction of sp³-hybridized carbons (Fsp3) is 0.611. The van der Waals surface area contributed by atoms with Crippen molar-refractivity contribution < 1.29 is 19.0 Å². The number of hydrogen-bond donors (Lipinski definition) is 2. The first-order valence-electron chi connectivity index (χ1n) is 8.70. The lowest BCUT2D eigenvalue weighted by Crippen LogP contribution is -2.39. The lowest BCUT2D eigenvalue weighted by atomic mass is 9.72. The number of benzene rings is 1. The van der Waals surface area contributed by atoms with E-state index in [1.807, 2.05) is 12.1 Å². The largest absolute Gasteiger partial charge is 0.492 e. The summed E-state index contributed by atoms with van der Waals surface area (Å²) in [6.07, 6.45) is 6.25. The Balaban J connectivity index is 0.00000225. The molecule has 1 aliphatic heterocycles. The Morgan fingerprint density at radius 3 is 2.72 bits per heavy atom. The van der Waals surface area contributed by atoms with Gasteiger partial charge in [0.05, 0.1) is 6.54 Å². The predicted molar refractivity (Wildman–Crippen MR) is 97.5 cm³/mol. The molecular weight excluding hydrogens is 344 g/mol. The monoisotopic (exact) mass is 370 g/mol. The molecule has 1 fully saturated rings. The van der Waals surface area contributed by atoms with Gasteiger partial charge in [0.1, 0.15) is 12.4 Å². The third kappa shape index (κ3) is 5.16. The zero-order valence-electron chi connectivity index (χ0n) is 14.4. The molecule has 0 spiro atoms. The minimum absolute atomic E-state index is 0. The Kier molecular flexibility index (Phi) is 7.20. The average Bonchev–Trinajstić information content (AvgIpc) is 3.07. The second kappa shape index (κ2) is 9.15. The highest BCUT2D eigenvalue weighted by Gasteiger charge is 2.32. The van der Waals surface area contributed by atoms with E-state index in [0.717, 1.165) is 18.6 Å². The molecule has 0 atom stereocenters. The molecule has 0 unspecified atom stereocenters. The van der Waals surface area contributed by atoms with Crippen molar-refractivity contribution in [1.82, 2.24) is 5.32 Å². The molecule has 1 aliphatic carbocycles. The Morgan fingerprint density at radius 2 is 1.96 bits per heavy atom. The topological polar surface area (TPSA) is 82.8 Å². The fourth-order valence-electron chi connectivity index (χ4n) is 3.48. The molecule has 0 bridgehead atoms. The van der Waals surface area contributed by atoms with E-state index in [4.69, 9.17) is 19.9 Å². The van der Waals surface area contributed by atoms with Crippen LogP contribution in [0.25, 0.3) is 0 Å². The summed E-state index contributed by atoms with van der Waals surface area (Å²) in [7, 11) is 0. The van der Waals surface area contributed by atoms with Crippen molar-refractivity contribution in [3.8, 4) is 17.2 Å². The van der Waals surface area contributed by atoms with Crippen molar-refractivity contribution in [3.05, 3.63) is 18.2 Å². The summed E-state index contributed by atoms with van der Waals surface area (Å²) in [6, 6.07) is 5.46. The van der Waals surface area contributed by atoms with Crippen LogP contribution in [0, 0.1) is 5.41 Å². The summed E-state index contributed by atoms with van der Waals surface area (Å²) in [5, 5.41) is 2.94. The number of hydrogen-bond acceptors (Lipinski definition) is 5. The highest BCUT2D eigenvalue weighted by molar-refractivity contribution is 5.85. The summed E-state index contributed by atoms with van der Waals surface area (Å²) < 4.78 is 16.2. The molecule has 3 rings (SSSR count). The highest BCUT2D eigenvalue weighted by Crippen LogP contribution is 2.38. The smallest absolute Gasteiger partial charge is 0.231 e. The quantitative estimate of drug-likeness (QED) is 0.721. The van der Waals surface area contributed by atoms with Crippen LogP contribution < -0.4 is 25.3 Å². The molecule has 0 saturated heterocycles. The standard InChI is InChI=1S/C18H26N2O4.ClH/c19-12-18(6-2-1-3-7-18)11-17(21)20-8-9-22-14-4-5-15-16(10-14)24-13-23-15;/h4-5,10H,1-3,6-9,11-13,19H2,(H,20,21);1H. The van der Waals surface area contributed by atoms with Crippen LogP contribution in [0.5, 0.6) is 17.2 Å². The Bertz CT molecular complexity index is 576. The van der Waals surface area contributed by atoms with Crippen LogP contribution in [0.1, 0.15) is 38.5 Å². The van der Waals surface area contributed by atoms with Crippen molar-refractivity contribution in [1.29, 1.82) is 0 Å². The van der Waals surface area contributed by atoms with Crippen LogP contribution in [-0.4, -0.2) is 32.4 Å². The second-order valence-electron chi connectivity index (χ2n) is 6.66. The number of fused-ring (bicyclic) bond motifs is 1. The van der Waals surface area contributed by atoms with Crippen LogP contribution >= 0.6 is 12.4 Å². The summed E-state index contributed by atoms with van der Waals surface area (Å²) in [6.45, 7) is 1.74. The number of carbonyl (C=O) groups excluding carboxylic acids is 1. The van der Waals surface area contributed by atoms with Crippen molar-refractivity contribution in [2.75, 3.05) is 26.5 Å². The fourth-order valence-corrected chi connectivity index (χ4v) is 3.48. The first kappa shape index (κ1) is 19.7. The number of ether oxygens (including phenoxy) is 3. The van der Waals surface area contributed by atoms with Gasteiger partial charge in [0, 0.05) is 12.5 Å². The van der Waals surface area contributed by atoms with Crippen molar-refractivity contribution in [2.24, 2.45) is 11.1 Å². The van der Waals surface area contributed by atoms with Crippen LogP contribution in [0.4, 0.5) is 0 Å². The lowest BCUT2D eigenvalue weighted by molar-refractivity contribution is -0.124. The molecule has 0 radical (unpaired) electrons. The van der Waals surface area contributed by atoms with Gasteiger partial charge in [0.25, 0.3) is 0 Å². The van der Waals surface area contributed by atoms with Crippen LogP contribution in [0.2, 0.25) is 0 Å². The first-order chi connectivity index (χ1) is 11.7. The number of amides is 1. The van der Waals surface area contributed by atoms with Crippen molar-refractivity contribution >= 4 is 18.3 Å². The maximum atomic E-state index is 12.2. The van der Waals surface area contributed by atoms with Gasteiger partial charge in [-0.1, -0.05) is 19.3 Å². The molecule has 7 heteroatoms. The summed E-state index contributed by atoms with van der Waals surface area (Å²) in [5.41, 5.74) is 5.94. The minimum atomic E-state index is 0. The Morgan fingerprint density at radius 1 is 1.20 bits per heavy atom. The number of nitrogens with two attached hydrogens (primary N) is 1. The van der Waals surface area contributed by atoms with E-state index in [1.54, 1.807) is 6.07 Å². The van der Waals surface area contributed by atoms with Crippen molar-refractivity contribution in [2.45, 2.75) is 38.5 Å². The molecule has 2 aliphatic rings.